The molecule has 6 rings (SSSR count). The van der Waals surface area contributed by atoms with Gasteiger partial charge in [0, 0.05) is 31.6 Å². The summed E-state index contributed by atoms with van der Waals surface area (Å²) >= 11 is 0. The minimum Gasteiger partial charge on any atom is -0.480 e. The average molecular weight is 534 g/mol. The molecule has 1 aliphatic carbocycles. The number of carbonyl (C=O) groups is 1. The molecule has 1 aromatic carbocycles. The number of anilines is 1. The Morgan fingerprint density at radius 2 is 1.90 bits per heavy atom. The number of alkyl halides is 2. The fraction of sp³-hybridized carbons (Fsp3) is 0.333. The van der Waals surface area contributed by atoms with Crippen molar-refractivity contribution >= 4 is 11.7 Å². The van der Waals surface area contributed by atoms with Crippen LogP contribution in [0.4, 0.5) is 14.6 Å². The number of hydrogen-bond donors (Lipinski definition) is 0. The van der Waals surface area contributed by atoms with Gasteiger partial charge in [0.2, 0.25) is 5.88 Å². The van der Waals surface area contributed by atoms with Crippen molar-refractivity contribution < 1.29 is 23.0 Å². The van der Waals surface area contributed by atoms with Crippen LogP contribution in [-0.2, 0) is 24.3 Å². The Kier molecular flexibility index (Phi) is 5.96. The molecule has 1 saturated carbocycles. The molecule has 0 unspecified atom stereocenters. The topological polar surface area (TPSA) is 108 Å². The molecule has 2 aliphatic rings. The third-order valence-electron chi connectivity index (χ3n) is 6.75. The van der Waals surface area contributed by atoms with E-state index < -0.39 is 5.92 Å². The largest absolute Gasteiger partial charge is 0.480 e. The van der Waals surface area contributed by atoms with E-state index in [2.05, 4.69) is 19.9 Å². The summed E-state index contributed by atoms with van der Waals surface area (Å²) < 4.78 is 40.2. The first-order chi connectivity index (χ1) is 18.7. The molecular weight excluding hydrogens is 508 g/mol. The molecule has 1 aliphatic heterocycles. The number of nitrogens with zero attached hydrogens (tertiary/aromatic N) is 7. The van der Waals surface area contributed by atoms with Crippen LogP contribution in [0.1, 0.15) is 42.6 Å². The van der Waals surface area contributed by atoms with Crippen LogP contribution in [0, 0.1) is 0 Å². The van der Waals surface area contributed by atoms with Crippen molar-refractivity contribution in [3.05, 3.63) is 59.9 Å². The van der Waals surface area contributed by atoms with Crippen LogP contribution in [0.2, 0.25) is 0 Å². The van der Waals surface area contributed by atoms with E-state index in [4.69, 9.17) is 14.5 Å². The molecule has 1 amide bonds. The molecule has 1 fully saturated rings. The number of benzene rings is 1. The molecule has 0 N–H and O–H groups in total. The second-order valence-electron chi connectivity index (χ2n) is 9.71. The van der Waals surface area contributed by atoms with Gasteiger partial charge in [-0.2, -0.15) is 8.78 Å². The summed E-state index contributed by atoms with van der Waals surface area (Å²) in [6, 6.07) is 7.25. The van der Waals surface area contributed by atoms with Gasteiger partial charge < -0.3 is 14.0 Å². The lowest BCUT2D eigenvalue weighted by Gasteiger charge is -2.28. The fourth-order valence-corrected chi connectivity index (χ4v) is 4.58. The van der Waals surface area contributed by atoms with Gasteiger partial charge in [0.1, 0.15) is 23.4 Å². The number of methoxy groups -OCH3 is 1. The molecule has 4 aromatic rings. The average Bonchev–Trinajstić information content (AvgIpc) is 3.70. The third kappa shape index (κ3) is 4.66. The van der Waals surface area contributed by atoms with Crippen molar-refractivity contribution in [3.63, 3.8) is 0 Å². The van der Waals surface area contributed by atoms with E-state index in [-0.39, 0.29) is 24.8 Å². The van der Waals surface area contributed by atoms with Crippen LogP contribution in [0.25, 0.3) is 22.8 Å². The number of rotatable bonds is 7. The maximum Gasteiger partial charge on any atom is 0.288 e. The Balaban J connectivity index is 1.31. The molecule has 0 spiro atoms. The van der Waals surface area contributed by atoms with Gasteiger partial charge in [-0.3, -0.25) is 9.69 Å². The van der Waals surface area contributed by atoms with E-state index >= 15 is 0 Å². The second-order valence-corrected chi connectivity index (χ2v) is 9.71. The van der Waals surface area contributed by atoms with E-state index in [1.54, 1.807) is 34.8 Å². The highest BCUT2D eigenvalue weighted by atomic mass is 19.3. The zero-order chi connectivity index (χ0) is 27.3. The second kappa shape index (κ2) is 9.37. The Bertz CT molecular complexity index is 1560. The summed E-state index contributed by atoms with van der Waals surface area (Å²) in [5, 5.41) is 0. The Labute approximate surface area is 222 Å². The molecule has 4 heterocycles. The van der Waals surface area contributed by atoms with Crippen LogP contribution in [-0.4, -0.2) is 49.1 Å². The zero-order valence-corrected chi connectivity index (χ0v) is 21.6. The fourth-order valence-electron chi connectivity index (χ4n) is 4.58. The molecule has 0 atom stereocenters. The number of halogens is 2. The van der Waals surface area contributed by atoms with Crippen LogP contribution in [0.15, 0.2) is 43.0 Å². The number of hydrogen-bond acceptors (Lipinski definition) is 8. The van der Waals surface area contributed by atoms with E-state index in [9.17, 15) is 13.6 Å². The predicted octanol–water partition coefficient (Wildman–Crippen LogP) is 4.26. The van der Waals surface area contributed by atoms with Gasteiger partial charge in [0.25, 0.3) is 11.8 Å². The SMILES string of the molecule is COc1ncnc(C2CC2)c1-c1ncc2c(n1)N(Cc1ccc(-c3nc(C(C)(F)F)cn3C)cc1)C(=O)CO2. The van der Waals surface area contributed by atoms with Gasteiger partial charge in [-0.1, -0.05) is 24.3 Å². The molecule has 0 radical (unpaired) electrons. The number of fused-ring (bicyclic) bond motifs is 1. The summed E-state index contributed by atoms with van der Waals surface area (Å²) in [5.41, 5.74) is 2.64. The first-order valence-electron chi connectivity index (χ1n) is 12.4. The first kappa shape index (κ1) is 24.8. The lowest BCUT2D eigenvalue weighted by molar-refractivity contribution is -0.121. The molecular formula is C27H25F2N7O3. The summed E-state index contributed by atoms with van der Waals surface area (Å²) in [4.78, 5) is 36.5. The van der Waals surface area contributed by atoms with Crippen molar-refractivity contribution in [2.45, 2.75) is 38.2 Å². The highest BCUT2D eigenvalue weighted by Gasteiger charge is 2.34. The van der Waals surface area contributed by atoms with Gasteiger partial charge in [-0.15, -0.1) is 0 Å². The highest BCUT2D eigenvalue weighted by molar-refractivity contribution is 5.96. The van der Waals surface area contributed by atoms with Crippen LogP contribution in [0.3, 0.4) is 0 Å². The molecule has 0 saturated heterocycles. The number of aryl methyl sites for hydroxylation is 1. The van der Waals surface area contributed by atoms with E-state index in [0.717, 1.165) is 31.0 Å². The number of aromatic nitrogens is 6. The normalized spacial score (nSPS) is 15.2. The Morgan fingerprint density at radius 1 is 1.13 bits per heavy atom. The van der Waals surface area contributed by atoms with Crippen LogP contribution in [0.5, 0.6) is 11.6 Å². The molecule has 0 bridgehead atoms. The summed E-state index contributed by atoms with van der Waals surface area (Å²) in [6.45, 7) is 0.908. The minimum atomic E-state index is -3.03. The van der Waals surface area contributed by atoms with Gasteiger partial charge >= 0.3 is 0 Å². The highest BCUT2D eigenvalue weighted by Crippen LogP contribution is 2.45. The number of ether oxygens (including phenoxy) is 2. The van der Waals surface area contributed by atoms with Crippen molar-refractivity contribution in [1.82, 2.24) is 29.5 Å². The standard InChI is InChI=1S/C27H25F2N7O3/c1-27(28,29)19-12-35(2)24(33-19)17-6-4-15(5-7-17)11-36-20(37)13-39-18-10-30-23(34-25(18)36)21-22(16-8-9-16)31-14-32-26(21)38-3/h4-7,10,12,14,16H,8-9,11,13H2,1-3H3. The van der Waals surface area contributed by atoms with Gasteiger partial charge in [-0.05, 0) is 18.4 Å². The van der Waals surface area contributed by atoms with Crippen molar-refractivity contribution in [2.24, 2.45) is 7.05 Å². The molecule has 3 aromatic heterocycles. The maximum atomic E-state index is 13.7. The van der Waals surface area contributed by atoms with Crippen LogP contribution < -0.4 is 14.4 Å². The van der Waals surface area contributed by atoms with Crippen molar-refractivity contribution in [2.75, 3.05) is 18.6 Å². The van der Waals surface area contributed by atoms with E-state index in [0.29, 0.717) is 46.1 Å². The number of imidazole rings is 1. The molecule has 10 nitrogen and oxygen atoms in total. The molecule has 39 heavy (non-hydrogen) atoms. The number of amides is 1. The zero-order valence-electron chi connectivity index (χ0n) is 21.6. The van der Waals surface area contributed by atoms with E-state index in [1.807, 2.05) is 12.1 Å². The quantitative estimate of drug-likeness (QED) is 0.347. The summed E-state index contributed by atoms with van der Waals surface area (Å²) in [6.07, 6.45) is 6.37. The maximum absolute atomic E-state index is 13.7. The third-order valence-corrected chi connectivity index (χ3v) is 6.75. The van der Waals surface area contributed by atoms with Crippen molar-refractivity contribution in [1.29, 1.82) is 0 Å². The Hall–Kier alpha value is -4.48. The lowest BCUT2D eigenvalue weighted by Crippen LogP contribution is -2.39. The lowest BCUT2D eigenvalue weighted by atomic mass is 10.1. The summed E-state index contributed by atoms with van der Waals surface area (Å²) in [7, 11) is 3.20. The first-order valence-corrected chi connectivity index (χ1v) is 12.4. The monoisotopic (exact) mass is 533 g/mol. The van der Waals surface area contributed by atoms with Gasteiger partial charge in [-0.25, -0.2) is 24.9 Å². The van der Waals surface area contributed by atoms with Crippen LogP contribution >= 0.6 is 0 Å². The summed E-state index contributed by atoms with van der Waals surface area (Å²) in [5.74, 6) is -1.12. The van der Waals surface area contributed by atoms with Gasteiger partial charge in [0.15, 0.2) is 24.0 Å². The minimum absolute atomic E-state index is 0.139. The van der Waals surface area contributed by atoms with Gasteiger partial charge in [0.05, 0.1) is 25.5 Å². The van der Waals surface area contributed by atoms with E-state index in [1.165, 1.54) is 19.6 Å². The smallest absolute Gasteiger partial charge is 0.288 e. The van der Waals surface area contributed by atoms with Crippen molar-refractivity contribution in [3.8, 4) is 34.4 Å². The molecule has 12 heteroatoms. The number of carbonyl (C=O) groups excluding carboxylic acids is 1. The Morgan fingerprint density at radius 3 is 2.56 bits per heavy atom. The predicted molar refractivity (Wildman–Crippen MR) is 136 cm³/mol. The molecule has 200 valence electrons.